The van der Waals surface area contributed by atoms with Crippen molar-refractivity contribution in [1.82, 2.24) is 0 Å². The molecule has 0 aromatic heterocycles. The molecule has 18 atom stereocenters. The Morgan fingerprint density at radius 2 is 1.63 bits per heavy atom. The fraction of sp³-hybridized carbons (Fsp3) is 0.897. The van der Waals surface area contributed by atoms with Crippen LogP contribution in [0.1, 0.15) is 100 Å². The van der Waals surface area contributed by atoms with Gasteiger partial charge in [-0.3, -0.25) is 9.59 Å². The van der Waals surface area contributed by atoms with Gasteiger partial charge in [-0.25, -0.2) is 0 Å². The van der Waals surface area contributed by atoms with Gasteiger partial charge in [0.15, 0.2) is 18.7 Å². The standard InChI is InChI=1S/C39H56O12/c1-18-13-39(31-36(8,50-31)32(44)51-39)49-21-14-34(6)24-10-9-23-33(4,5)25(48-30-29(43)28(42)22(16-45-30)46-19(2)40)11-12-37(23)17-38(24,37)15-26(47-20(3)41)35(34,7)27(18)21/h10,18,21-23,25-32,42-44H,9,11-17H2,1-8H3/t18-,21+,22-,23+,25+,26-,27+,28+,29-,30+,31-,32?,34+,35-,36+,37-,38+,39-/m1/s1. The van der Waals surface area contributed by atoms with Gasteiger partial charge in [0.25, 0.3) is 0 Å². The van der Waals surface area contributed by atoms with Crippen LogP contribution in [0.2, 0.25) is 0 Å². The number of epoxide rings is 1. The van der Waals surface area contributed by atoms with Gasteiger partial charge in [-0.05, 0) is 74.0 Å². The highest BCUT2D eigenvalue weighted by atomic mass is 16.8. The topological polar surface area (TPSA) is 163 Å². The highest BCUT2D eigenvalue weighted by molar-refractivity contribution is 5.67. The van der Waals surface area contributed by atoms with Crippen molar-refractivity contribution in [2.24, 2.45) is 44.8 Å². The molecule has 0 amide bonds. The molecule has 3 N–H and O–H groups in total. The summed E-state index contributed by atoms with van der Waals surface area (Å²) in [6, 6.07) is 0. The number of carbonyl (C=O) groups excluding carboxylic acids is 2. The number of hydrogen-bond donors (Lipinski definition) is 3. The molecule has 0 radical (unpaired) electrons. The summed E-state index contributed by atoms with van der Waals surface area (Å²) in [5.74, 6) is -1.21. The summed E-state index contributed by atoms with van der Waals surface area (Å²) >= 11 is 0. The summed E-state index contributed by atoms with van der Waals surface area (Å²) in [6.07, 6.45) is 1.61. The van der Waals surface area contributed by atoms with E-state index < -0.39 is 48.2 Å². The van der Waals surface area contributed by atoms with Gasteiger partial charge in [0, 0.05) is 36.5 Å². The van der Waals surface area contributed by atoms with E-state index in [0.29, 0.717) is 6.42 Å². The molecule has 9 aliphatic rings. The Hall–Kier alpha value is -1.64. The molecule has 4 saturated carbocycles. The normalized spacial score (nSPS) is 58.5. The van der Waals surface area contributed by atoms with Crippen LogP contribution >= 0.6 is 0 Å². The average Bonchev–Trinajstić information content (AvgIpc) is 3.87. The molecule has 12 heteroatoms. The van der Waals surface area contributed by atoms with Gasteiger partial charge >= 0.3 is 11.9 Å². The van der Waals surface area contributed by atoms with E-state index in [4.69, 9.17) is 33.2 Å². The predicted octanol–water partition coefficient (Wildman–Crippen LogP) is 3.52. The van der Waals surface area contributed by atoms with Crippen LogP contribution in [0, 0.1) is 44.8 Å². The fourth-order valence-corrected chi connectivity index (χ4v) is 14.1. The second-order valence-electron chi connectivity index (χ2n) is 19.1. The van der Waals surface area contributed by atoms with Gasteiger partial charge < -0.3 is 48.5 Å². The third-order valence-corrected chi connectivity index (χ3v) is 16.4. The van der Waals surface area contributed by atoms with E-state index in [0.717, 1.165) is 38.5 Å². The summed E-state index contributed by atoms with van der Waals surface area (Å²) in [6.45, 7) is 16.1. The maximum absolute atomic E-state index is 12.9. The third-order valence-electron chi connectivity index (χ3n) is 16.4. The van der Waals surface area contributed by atoms with E-state index in [1.165, 1.54) is 19.4 Å². The molecule has 9 rings (SSSR count). The fourth-order valence-electron chi connectivity index (χ4n) is 14.1. The lowest BCUT2D eigenvalue weighted by molar-refractivity contribution is -0.345. The molecule has 284 valence electrons. The monoisotopic (exact) mass is 716 g/mol. The quantitative estimate of drug-likeness (QED) is 0.221. The van der Waals surface area contributed by atoms with Crippen molar-refractivity contribution < 1.29 is 58.1 Å². The molecular weight excluding hydrogens is 660 g/mol. The van der Waals surface area contributed by atoms with Crippen molar-refractivity contribution >= 4 is 11.9 Å². The Morgan fingerprint density at radius 1 is 0.902 bits per heavy atom. The SMILES string of the molecule is CC(=O)O[C@@H]1CO[C@@H](O[C@H]2CC[C@]34C[C@]35C[C@@H](OC(C)=O)[C@]3(C)[C@H]6[C@H](C)C[C@]7(OC(O)[C@@]8(C)O[C@@H]78)O[C@H]6C[C@@]3(C)C5=CC[C@H]4C2(C)C)[C@H](O)[C@H]1O. The van der Waals surface area contributed by atoms with Crippen molar-refractivity contribution in [3.05, 3.63) is 11.6 Å². The number of ether oxygens (including phenoxy) is 7. The lowest BCUT2D eigenvalue weighted by Crippen LogP contribution is -2.61. The second-order valence-corrected chi connectivity index (χ2v) is 19.1. The highest BCUT2D eigenvalue weighted by Crippen LogP contribution is 2.88. The number of allylic oxidation sites excluding steroid dienone is 2. The van der Waals surface area contributed by atoms with E-state index in [2.05, 4.69) is 40.7 Å². The van der Waals surface area contributed by atoms with Crippen LogP contribution in [-0.2, 0) is 42.7 Å². The predicted molar refractivity (Wildman–Crippen MR) is 177 cm³/mol. The van der Waals surface area contributed by atoms with Gasteiger partial charge in [0.1, 0.15) is 30.0 Å². The number of esters is 2. The zero-order valence-electron chi connectivity index (χ0n) is 31.2. The Bertz CT molecular complexity index is 1560. The highest BCUT2D eigenvalue weighted by Gasteiger charge is 2.85. The first-order chi connectivity index (χ1) is 23.8. The van der Waals surface area contributed by atoms with Crippen molar-refractivity contribution in [3.63, 3.8) is 0 Å². The third kappa shape index (κ3) is 4.25. The minimum Gasteiger partial charge on any atom is -0.462 e. The molecule has 12 nitrogen and oxygen atoms in total. The van der Waals surface area contributed by atoms with E-state index >= 15 is 0 Å². The Balaban J connectivity index is 1.02. The molecule has 4 saturated heterocycles. The summed E-state index contributed by atoms with van der Waals surface area (Å²) in [4.78, 5) is 24.4. The molecule has 0 aromatic rings. The van der Waals surface area contributed by atoms with Crippen molar-refractivity contribution in [3.8, 4) is 0 Å². The summed E-state index contributed by atoms with van der Waals surface area (Å²) in [5, 5.41) is 32.4. The Labute approximate surface area is 299 Å². The van der Waals surface area contributed by atoms with Crippen molar-refractivity contribution in [2.75, 3.05) is 6.61 Å². The molecule has 0 aromatic carbocycles. The van der Waals surface area contributed by atoms with E-state index in [-0.39, 0.29) is 81.8 Å². The minimum atomic E-state index is -1.35. The molecular formula is C39H56O12. The number of hydrogen-bond acceptors (Lipinski definition) is 12. The van der Waals surface area contributed by atoms with E-state index in [1.54, 1.807) is 0 Å². The zero-order valence-corrected chi connectivity index (χ0v) is 31.2. The first-order valence-corrected chi connectivity index (χ1v) is 19.2. The van der Waals surface area contributed by atoms with E-state index in [1.807, 2.05) is 6.92 Å². The van der Waals surface area contributed by atoms with E-state index in [9.17, 15) is 24.9 Å². The lowest BCUT2D eigenvalue weighted by Gasteiger charge is -2.62. The maximum Gasteiger partial charge on any atom is 0.303 e. The minimum absolute atomic E-state index is 0.0129. The second kappa shape index (κ2) is 10.6. The molecule has 1 unspecified atom stereocenters. The first kappa shape index (κ1) is 35.1. The van der Waals surface area contributed by atoms with Crippen LogP contribution in [0.15, 0.2) is 11.6 Å². The van der Waals surface area contributed by atoms with Crippen LogP contribution in [0.3, 0.4) is 0 Å². The molecule has 4 aliphatic heterocycles. The number of fused-ring (bicyclic) bond motifs is 6. The van der Waals surface area contributed by atoms with Gasteiger partial charge in [-0.2, -0.15) is 0 Å². The summed E-state index contributed by atoms with van der Waals surface area (Å²) in [7, 11) is 0. The average molecular weight is 717 g/mol. The Kier molecular flexibility index (Phi) is 7.26. The van der Waals surface area contributed by atoms with Gasteiger partial charge in [-0.15, -0.1) is 0 Å². The van der Waals surface area contributed by atoms with Crippen LogP contribution in [0.5, 0.6) is 0 Å². The van der Waals surface area contributed by atoms with Crippen molar-refractivity contribution in [2.45, 2.75) is 167 Å². The number of aliphatic hydroxyl groups excluding tert-OH is 3. The largest absolute Gasteiger partial charge is 0.462 e. The zero-order chi connectivity index (χ0) is 36.5. The molecule has 0 bridgehead atoms. The lowest BCUT2D eigenvalue weighted by atomic mass is 9.44. The van der Waals surface area contributed by atoms with Gasteiger partial charge in [0.05, 0.1) is 18.8 Å². The summed E-state index contributed by atoms with van der Waals surface area (Å²) < 4.78 is 43.2. The number of carbonyl (C=O) groups is 2. The van der Waals surface area contributed by atoms with Crippen LogP contribution in [0.4, 0.5) is 0 Å². The molecule has 3 spiro atoms. The summed E-state index contributed by atoms with van der Waals surface area (Å²) in [5.41, 5.74) is -0.317. The Morgan fingerprint density at radius 3 is 2.27 bits per heavy atom. The van der Waals surface area contributed by atoms with Gasteiger partial charge in [-0.1, -0.05) is 46.3 Å². The molecule has 4 heterocycles. The molecule has 51 heavy (non-hydrogen) atoms. The van der Waals surface area contributed by atoms with Crippen LogP contribution in [0.25, 0.3) is 0 Å². The maximum atomic E-state index is 12.9. The first-order valence-electron chi connectivity index (χ1n) is 19.2. The van der Waals surface area contributed by atoms with Crippen molar-refractivity contribution in [1.29, 1.82) is 0 Å². The number of rotatable bonds is 4. The molecule has 8 fully saturated rings. The molecule has 5 aliphatic carbocycles. The number of aliphatic hydroxyl groups is 3. The van der Waals surface area contributed by atoms with Crippen LogP contribution in [-0.4, -0.2) is 101 Å². The van der Waals surface area contributed by atoms with Crippen LogP contribution < -0.4 is 0 Å². The van der Waals surface area contributed by atoms with Gasteiger partial charge in [0.2, 0.25) is 5.79 Å². The smallest absolute Gasteiger partial charge is 0.303 e.